The largest absolute Gasteiger partial charge is 0.369 e. The van der Waals surface area contributed by atoms with Crippen LogP contribution >= 0.6 is 0 Å². The molecule has 0 spiro atoms. The molecular formula is C25H27N5O7S2. The van der Waals surface area contributed by atoms with Gasteiger partial charge in [0.2, 0.25) is 20.0 Å². The standard InChI is InChI=1S/C25H27N5O7S2/c1-27(38(2,34)35)24-6-4-3-5-23(24)25(31)26-19-7-13-22(14-8-19)39(36,37)29-17-15-28(16-18-29)20-9-11-21(12-10-20)30(32)33/h3-14H,15-18H2,1-2H3,(H,26,31). The van der Waals surface area contributed by atoms with Crippen LogP contribution in [-0.2, 0) is 20.0 Å². The average Bonchev–Trinajstić information content (AvgIpc) is 2.92. The summed E-state index contributed by atoms with van der Waals surface area (Å²) in [7, 11) is -6.02. The fourth-order valence-corrected chi connectivity index (χ4v) is 6.09. The lowest BCUT2D eigenvalue weighted by Crippen LogP contribution is -2.48. The number of carbonyl (C=O) groups excluding carboxylic acids is 1. The van der Waals surface area contributed by atoms with E-state index >= 15 is 0 Å². The molecule has 1 amide bonds. The van der Waals surface area contributed by atoms with E-state index in [4.69, 9.17) is 0 Å². The number of nitro benzene ring substituents is 1. The van der Waals surface area contributed by atoms with Crippen molar-refractivity contribution in [3.63, 3.8) is 0 Å². The van der Waals surface area contributed by atoms with Gasteiger partial charge in [-0.3, -0.25) is 19.2 Å². The predicted molar refractivity (Wildman–Crippen MR) is 148 cm³/mol. The second-order valence-corrected chi connectivity index (χ2v) is 12.8. The number of nitro groups is 1. The number of hydrogen-bond donors (Lipinski definition) is 1. The summed E-state index contributed by atoms with van der Waals surface area (Å²) in [5.41, 5.74) is 1.48. The second kappa shape index (κ2) is 11.0. The summed E-state index contributed by atoms with van der Waals surface area (Å²) in [5, 5.41) is 13.5. The smallest absolute Gasteiger partial charge is 0.269 e. The molecule has 1 N–H and O–H groups in total. The van der Waals surface area contributed by atoms with Gasteiger partial charge in [-0.1, -0.05) is 12.1 Å². The van der Waals surface area contributed by atoms with Gasteiger partial charge in [-0.25, -0.2) is 16.8 Å². The molecule has 1 aliphatic heterocycles. The van der Waals surface area contributed by atoms with Gasteiger partial charge in [-0.15, -0.1) is 0 Å². The molecule has 0 saturated carbocycles. The maximum absolute atomic E-state index is 13.2. The Bertz CT molecular complexity index is 1580. The molecule has 0 bridgehead atoms. The van der Waals surface area contributed by atoms with E-state index in [-0.39, 0.29) is 34.9 Å². The van der Waals surface area contributed by atoms with Crippen LogP contribution in [0.4, 0.5) is 22.7 Å². The van der Waals surface area contributed by atoms with Crippen LogP contribution in [0.3, 0.4) is 0 Å². The summed E-state index contributed by atoms with van der Waals surface area (Å²) in [6.07, 6.45) is 1.04. The summed E-state index contributed by atoms with van der Waals surface area (Å²) < 4.78 is 52.7. The van der Waals surface area contributed by atoms with Gasteiger partial charge in [-0.05, 0) is 48.5 Å². The third kappa shape index (κ3) is 6.19. The molecule has 1 fully saturated rings. The van der Waals surface area contributed by atoms with E-state index in [1.54, 1.807) is 24.3 Å². The first-order valence-electron chi connectivity index (χ1n) is 11.8. The number of carbonyl (C=O) groups is 1. The van der Waals surface area contributed by atoms with Gasteiger partial charge in [0, 0.05) is 56.7 Å². The van der Waals surface area contributed by atoms with E-state index in [0.29, 0.717) is 18.8 Å². The highest BCUT2D eigenvalue weighted by atomic mass is 32.2. The van der Waals surface area contributed by atoms with Crippen LogP contribution < -0.4 is 14.5 Å². The van der Waals surface area contributed by atoms with Crippen LogP contribution in [-0.4, -0.2) is 71.5 Å². The fraction of sp³-hybridized carbons (Fsp3) is 0.240. The summed E-state index contributed by atoms with van der Waals surface area (Å²) in [5.74, 6) is -0.543. The number of nitrogens with zero attached hydrogens (tertiary/aromatic N) is 4. The highest BCUT2D eigenvalue weighted by Crippen LogP contribution is 2.26. The Morgan fingerprint density at radius 3 is 2.05 bits per heavy atom. The molecule has 39 heavy (non-hydrogen) atoms. The zero-order chi connectivity index (χ0) is 28.4. The van der Waals surface area contributed by atoms with Gasteiger partial charge >= 0.3 is 0 Å². The summed E-state index contributed by atoms with van der Waals surface area (Å²) >= 11 is 0. The summed E-state index contributed by atoms with van der Waals surface area (Å²) in [4.78, 5) is 25.3. The van der Waals surface area contributed by atoms with Gasteiger partial charge in [0.15, 0.2) is 0 Å². The van der Waals surface area contributed by atoms with Crippen LogP contribution in [0.2, 0.25) is 0 Å². The van der Waals surface area contributed by atoms with Gasteiger partial charge in [0.05, 0.1) is 27.3 Å². The van der Waals surface area contributed by atoms with Crippen molar-refractivity contribution in [2.45, 2.75) is 4.90 Å². The van der Waals surface area contributed by atoms with Crippen LogP contribution in [0.25, 0.3) is 0 Å². The normalized spacial score (nSPS) is 14.6. The first-order chi connectivity index (χ1) is 18.4. The Labute approximate surface area is 226 Å². The molecule has 3 aromatic rings. The monoisotopic (exact) mass is 573 g/mol. The van der Waals surface area contributed by atoms with Crippen LogP contribution in [0, 0.1) is 10.1 Å². The van der Waals surface area contributed by atoms with E-state index in [9.17, 15) is 31.7 Å². The number of non-ortho nitro benzene ring substituents is 1. The quantitative estimate of drug-likeness (QED) is 0.319. The fourth-order valence-electron chi connectivity index (χ4n) is 4.15. The third-order valence-corrected chi connectivity index (χ3v) is 9.50. The molecule has 0 aromatic heterocycles. The molecule has 206 valence electrons. The number of para-hydroxylation sites is 1. The SMILES string of the molecule is CN(c1ccccc1C(=O)Nc1ccc(S(=O)(=O)N2CCN(c3ccc([N+](=O)[O-])cc3)CC2)cc1)S(C)(=O)=O. The van der Waals surface area contributed by atoms with Gasteiger partial charge in [0.1, 0.15) is 0 Å². The van der Waals surface area contributed by atoms with Crippen molar-refractivity contribution in [3.8, 4) is 0 Å². The van der Waals surface area contributed by atoms with Gasteiger partial charge in [-0.2, -0.15) is 4.31 Å². The Hall–Kier alpha value is -4.01. The molecule has 12 nitrogen and oxygen atoms in total. The Morgan fingerprint density at radius 1 is 0.897 bits per heavy atom. The molecule has 0 atom stereocenters. The maximum atomic E-state index is 13.2. The first kappa shape index (κ1) is 28.0. The van der Waals surface area contributed by atoms with Crippen molar-refractivity contribution < 1.29 is 26.6 Å². The van der Waals surface area contributed by atoms with Crippen molar-refractivity contribution in [3.05, 3.63) is 88.5 Å². The van der Waals surface area contributed by atoms with E-state index in [2.05, 4.69) is 5.32 Å². The minimum Gasteiger partial charge on any atom is -0.369 e. The van der Waals surface area contributed by atoms with E-state index in [1.807, 2.05) is 4.90 Å². The number of hydrogen-bond acceptors (Lipinski definition) is 8. The molecule has 0 unspecified atom stereocenters. The summed E-state index contributed by atoms with van der Waals surface area (Å²) in [6.45, 7) is 1.32. The van der Waals surface area contributed by atoms with E-state index < -0.39 is 30.9 Å². The number of rotatable bonds is 8. The molecule has 0 radical (unpaired) electrons. The van der Waals surface area contributed by atoms with Crippen molar-refractivity contribution >= 4 is 48.7 Å². The highest BCUT2D eigenvalue weighted by molar-refractivity contribution is 7.92. The molecule has 1 saturated heterocycles. The van der Waals surface area contributed by atoms with Crippen LogP contribution in [0.5, 0.6) is 0 Å². The molecule has 14 heteroatoms. The predicted octanol–water partition coefficient (Wildman–Crippen LogP) is 2.75. The number of sulfonamides is 2. The molecule has 1 aliphatic rings. The number of piperazine rings is 1. The number of benzene rings is 3. The third-order valence-electron chi connectivity index (χ3n) is 6.40. The minimum atomic E-state index is -3.79. The van der Waals surface area contributed by atoms with Crippen LogP contribution in [0.1, 0.15) is 10.4 Å². The highest BCUT2D eigenvalue weighted by Gasteiger charge is 2.29. The maximum Gasteiger partial charge on any atom is 0.269 e. The number of nitrogens with one attached hydrogen (secondary N) is 1. The Kier molecular flexibility index (Phi) is 7.90. The average molecular weight is 574 g/mol. The van der Waals surface area contributed by atoms with E-state index in [1.165, 1.54) is 59.9 Å². The van der Waals surface area contributed by atoms with Crippen molar-refractivity contribution in [1.82, 2.24) is 4.31 Å². The van der Waals surface area contributed by atoms with Gasteiger partial charge in [0.25, 0.3) is 11.6 Å². The minimum absolute atomic E-state index is 0.00921. The summed E-state index contributed by atoms with van der Waals surface area (Å²) in [6, 6.07) is 18.1. The van der Waals surface area contributed by atoms with Gasteiger partial charge < -0.3 is 10.2 Å². The molecule has 0 aliphatic carbocycles. The van der Waals surface area contributed by atoms with Crippen molar-refractivity contribution in [2.75, 3.05) is 54.0 Å². The van der Waals surface area contributed by atoms with Crippen molar-refractivity contribution in [1.29, 1.82) is 0 Å². The molecule has 4 rings (SSSR count). The van der Waals surface area contributed by atoms with Crippen LogP contribution in [0.15, 0.2) is 77.7 Å². The Morgan fingerprint density at radius 2 is 1.49 bits per heavy atom. The van der Waals surface area contributed by atoms with E-state index in [0.717, 1.165) is 16.2 Å². The topological polar surface area (TPSA) is 150 Å². The zero-order valence-electron chi connectivity index (χ0n) is 21.2. The molecule has 3 aromatic carbocycles. The number of anilines is 3. The molecule has 1 heterocycles. The first-order valence-corrected chi connectivity index (χ1v) is 15.1. The Balaban J connectivity index is 1.42. The van der Waals surface area contributed by atoms with Crippen molar-refractivity contribution in [2.24, 2.45) is 0 Å². The second-order valence-electron chi connectivity index (χ2n) is 8.89. The molecular weight excluding hydrogens is 546 g/mol. The lowest BCUT2D eigenvalue weighted by molar-refractivity contribution is -0.384. The lowest BCUT2D eigenvalue weighted by Gasteiger charge is -2.35. The zero-order valence-corrected chi connectivity index (χ0v) is 22.9. The lowest BCUT2D eigenvalue weighted by atomic mass is 10.1. The number of amides is 1.